The predicted molar refractivity (Wildman–Crippen MR) is 131 cm³/mol. The first kappa shape index (κ1) is 26.1. The molecule has 2 aliphatic rings. The van der Waals surface area contributed by atoms with E-state index in [1.165, 1.54) is 23.1 Å². The number of nitrogens with one attached hydrogen (secondary N) is 1. The van der Waals surface area contributed by atoms with Crippen LogP contribution in [-0.2, 0) is 9.59 Å². The molecule has 0 radical (unpaired) electrons. The molecule has 2 fully saturated rings. The molecule has 1 heterocycles. The number of carboxylic acid groups (broad SMARTS) is 1. The summed E-state index contributed by atoms with van der Waals surface area (Å²) in [7, 11) is 0. The molecule has 0 aromatic heterocycles. The van der Waals surface area contributed by atoms with Crippen molar-refractivity contribution in [2.24, 2.45) is 5.92 Å². The van der Waals surface area contributed by atoms with Gasteiger partial charge in [-0.1, -0.05) is 43.5 Å². The maximum absolute atomic E-state index is 13.8. The lowest BCUT2D eigenvalue weighted by Crippen LogP contribution is -2.57. The number of amides is 3. The van der Waals surface area contributed by atoms with E-state index in [0.29, 0.717) is 0 Å². The van der Waals surface area contributed by atoms with Crippen molar-refractivity contribution in [2.75, 3.05) is 13.1 Å². The topological polar surface area (TPSA) is 116 Å². The number of para-hydroxylation sites is 1. The number of rotatable bonds is 7. The Morgan fingerprint density at radius 1 is 0.973 bits per heavy atom. The fraction of sp³-hybridized carbons (Fsp3) is 0.407. The number of hydrogen-bond acceptors (Lipinski definition) is 5. The fourth-order valence-electron chi connectivity index (χ4n) is 5.07. The standard InChI is InChI=1S/C27H30FN3O6/c28-20-11-7-10-19(16-20)26(35)30-14-15-31(27(36)37-21-12-5-2-6-13-21)25(30)24(34)29-22(17-23(32)33)18-8-3-1-4-9-18/h2,5-7,10-13,16,18,22,25H,1,3-4,8-9,14-15,17H2,(H,29,34)(H,32,33). The molecule has 1 aliphatic carbocycles. The molecule has 2 aromatic carbocycles. The Balaban J connectivity index is 1.60. The van der Waals surface area contributed by atoms with Gasteiger partial charge in [0.05, 0.1) is 6.42 Å². The lowest BCUT2D eigenvalue weighted by molar-refractivity contribution is -0.138. The van der Waals surface area contributed by atoms with E-state index >= 15 is 0 Å². The molecule has 3 amide bonds. The van der Waals surface area contributed by atoms with Crippen LogP contribution in [0.5, 0.6) is 5.75 Å². The number of ether oxygens (including phenoxy) is 1. The molecule has 1 saturated heterocycles. The molecule has 2 aromatic rings. The van der Waals surface area contributed by atoms with Crippen molar-refractivity contribution in [1.82, 2.24) is 15.1 Å². The summed E-state index contributed by atoms with van der Waals surface area (Å²) in [5.41, 5.74) is 0.0328. The van der Waals surface area contributed by atoms with Gasteiger partial charge in [0.2, 0.25) is 0 Å². The summed E-state index contributed by atoms with van der Waals surface area (Å²) in [5, 5.41) is 12.3. The van der Waals surface area contributed by atoms with Gasteiger partial charge >= 0.3 is 12.1 Å². The van der Waals surface area contributed by atoms with Crippen LogP contribution < -0.4 is 10.1 Å². The average molecular weight is 512 g/mol. The van der Waals surface area contributed by atoms with Crippen molar-refractivity contribution in [1.29, 1.82) is 0 Å². The van der Waals surface area contributed by atoms with Crippen molar-refractivity contribution in [3.05, 3.63) is 66.0 Å². The molecule has 2 atom stereocenters. The lowest BCUT2D eigenvalue weighted by Gasteiger charge is -2.34. The first-order chi connectivity index (χ1) is 17.8. The minimum atomic E-state index is -1.38. The molecule has 10 heteroatoms. The van der Waals surface area contributed by atoms with Crippen LogP contribution in [0.3, 0.4) is 0 Å². The monoisotopic (exact) mass is 511 g/mol. The summed E-state index contributed by atoms with van der Waals surface area (Å²) in [4.78, 5) is 53.9. The third-order valence-electron chi connectivity index (χ3n) is 6.86. The zero-order chi connectivity index (χ0) is 26.4. The first-order valence-electron chi connectivity index (χ1n) is 12.5. The highest BCUT2D eigenvalue weighted by Gasteiger charge is 2.45. The molecule has 2 N–H and O–H groups in total. The van der Waals surface area contributed by atoms with Gasteiger partial charge in [-0.25, -0.2) is 9.18 Å². The van der Waals surface area contributed by atoms with Gasteiger partial charge < -0.3 is 20.1 Å². The normalized spacial score (nSPS) is 18.8. The second-order valence-corrected chi connectivity index (χ2v) is 9.37. The predicted octanol–water partition coefficient (Wildman–Crippen LogP) is 3.65. The first-order valence-corrected chi connectivity index (χ1v) is 12.5. The van der Waals surface area contributed by atoms with Gasteiger partial charge in [0.1, 0.15) is 11.6 Å². The number of nitrogens with zero attached hydrogens (tertiary/aromatic N) is 2. The van der Waals surface area contributed by atoms with Gasteiger partial charge in [-0.2, -0.15) is 0 Å². The number of carbonyl (C=O) groups excluding carboxylic acids is 3. The van der Waals surface area contributed by atoms with Crippen LogP contribution in [0, 0.1) is 11.7 Å². The number of carboxylic acids is 1. The van der Waals surface area contributed by atoms with Crippen LogP contribution in [-0.4, -0.2) is 64.1 Å². The third-order valence-corrected chi connectivity index (χ3v) is 6.86. The molecule has 0 bridgehead atoms. The SMILES string of the molecule is O=C(O)CC(NC(=O)C1N(C(=O)Oc2ccccc2)CCN1C(=O)c1cccc(F)c1)C1CCCCC1. The number of hydrogen-bond donors (Lipinski definition) is 2. The Hall–Kier alpha value is -3.95. The number of benzene rings is 2. The lowest BCUT2D eigenvalue weighted by atomic mass is 9.82. The van der Waals surface area contributed by atoms with Gasteiger partial charge in [0.15, 0.2) is 6.17 Å². The van der Waals surface area contributed by atoms with E-state index in [-0.39, 0.29) is 36.7 Å². The van der Waals surface area contributed by atoms with Gasteiger partial charge in [0, 0.05) is 24.7 Å². The number of carbonyl (C=O) groups is 4. The molecular formula is C27H30FN3O6. The fourth-order valence-corrected chi connectivity index (χ4v) is 5.07. The van der Waals surface area contributed by atoms with Gasteiger partial charge in [-0.05, 0) is 49.1 Å². The molecule has 1 saturated carbocycles. The van der Waals surface area contributed by atoms with E-state index in [2.05, 4.69) is 5.32 Å². The highest BCUT2D eigenvalue weighted by atomic mass is 19.1. The largest absolute Gasteiger partial charge is 0.481 e. The van der Waals surface area contributed by atoms with E-state index in [1.54, 1.807) is 30.3 Å². The van der Waals surface area contributed by atoms with Crippen molar-refractivity contribution in [2.45, 2.75) is 50.7 Å². The smallest absolute Gasteiger partial charge is 0.417 e. The highest BCUT2D eigenvalue weighted by Crippen LogP contribution is 2.29. The Morgan fingerprint density at radius 3 is 2.35 bits per heavy atom. The summed E-state index contributed by atoms with van der Waals surface area (Å²) in [6, 6.07) is 12.8. The highest BCUT2D eigenvalue weighted by molar-refractivity contribution is 5.99. The molecule has 1 aliphatic heterocycles. The number of halogens is 1. The zero-order valence-electron chi connectivity index (χ0n) is 20.3. The Kier molecular flexibility index (Phi) is 8.37. The van der Waals surface area contributed by atoms with Crippen LogP contribution >= 0.6 is 0 Å². The molecule has 9 nitrogen and oxygen atoms in total. The maximum atomic E-state index is 13.8. The van der Waals surface area contributed by atoms with Crippen LogP contribution in [0.2, 0.25) is 0 Å². The molecule has 196 valence electrons. The second-order valence-electron chi connectivity index (χ2n) is 9.37. The quantitative estimate of drug-likeness (QED) is 0.586. The van der Waals surface area contributed by atoms with Crippen molar-refractivity contribution in [3.8, 4) is 5.75 Å². The summed E-state index contributed by atoms with van der Waals surface area (Å²) < 4.78 is 19.3. The third kappa shape index (κ3) is 6.44. The Bertz CT molecular complexity index is 1140. The minimum Gasteiger partial charge on any atom is -0.481 e. The van der Waals surface area contributed by atoms with E-state index in [1.807, 2.05) is 0 Å². The van der Waals surface area contributed by atoms with E-state index < -0.39 is 41.9 Å². The van der Waals surface area contributed by atoms with Crippen molar-refractivity contribution < 1.29 is 33.4 Å². The van der Waals surface area contributed by atoms with Crippen LogP contribution in [0.15, 0.2) is 54.6 Å². The van der Waals surface area contributed by atoms with E-state index in [4.69, 9.17) is 4.74 Å². The Labute approximate surface area is 214 Å². The molecule has 0 spiro atoms. The van der Waals surface area contributed by atoms with Crippen molar-refractivity contribution in [3.63, 3.8) is 0 Å². The van der Waals surface area contributed by atoms with E-state index in [0.717, 1.165) is 43.1 Å². The summed E-state index contributed by atoms with van der Waals surface area (Å²) in [5.74, 6) is -2.70. The van der Waals surface area contributed by atoms with Crippen LogP contribution in [0.4, 0.5) is 9.18 Å². The molecule has 4 rings (SSSR count). The Morgan fingerprint density at radius 2 is 1.68 bits per heavy atom. The molecule has 2 unspecified atom stereocenters. The average Bonchev–Trinajstić information content (AvgIpc) is 3.34. The van der Waals surface area contributed by atoms with Gasteiger partial charge in [0.25, 0.3) is 11.8 Å². The summed E-state index contributed by atoms with van der Waals surface area (Å²) in [6.45, 7) is 0.0299. The molecule has 37 heavy (non-hydrogen) atoms. The maximum Gasteiger partial charge on any atom is 0.417 e. The van der Waals surface area contributed by atoms with Gasteiger partial charge in [-0.15, -0.1) is 0 Å². The number of aliphatic carboxylic acids is 1. The van der Waals surface area contributed by atoms with Crippen LogP contribution in [0.1, 0.15) is 48.9 Å². The van der Waals surface area contributed by atoms with Crippen molar-refractivity contribution >= 4 is 23.9 Å². The summed E-state index contributed by atoms with van der Waals surface area (Å²) in [6.07, 6.45) is 2.04. The molecular weight excluding hydrogens is 481 g/mol. The van der Waals surface area contributed by atoms with Crippen LogP contribution in [0.25, 0.3) is 0 Å². The summed E-state index contributed by atoms with van der Waals surface area (Å²) >= 11 is 0. The zero-order valence-corrected chi connectivity index (χ0v) is 20.3. The van der Waals surface area contributed by atoms with Gasteiger partial charge in [-0.3, -0.25) is 19.3 Å². The van der Waals surface area contributed by atoms with E-state index in [9.17, 15) is 28.7 Å². The minimum absolute atomic E-state index is 0.0117. The second kappa shape index (κ2) is 11.9.